The zero-order valence-electron chi connectivity index (χ0n) is 57.7. The van der Waals surface area contributed by atoms with Gasteiger partial charge in [0.25, 0.3) is 0 Å². The number of hydrogen-bond donors (Lipinski definition) is 2. The van der Waals surface area contributed by atoms with Gasteiger partial charge in [0.2, 0.25) is 0 Å². The van der Waals surface area contributed by atoms with Crippen LogP contribution in [0, 0.1) is 35.5 Å². The number of aromatic nitrogens is 1. The molecule has 8 saturated carbocycles. The molecule has 1 aromatic heterocycles. The number of rotatable bonds is 30. The van der Waals surface area contributed by atoms with E-state index in [2.05, 4.69) is 144 Å². The molecule has 0 unspecified atom stereocenters. The number of phenols is 2. The molecule has 8 bridgehead atoms. The summed E-state index contributed by atoms with van der Waals surface area (Å²) in [5.74, 6) is 6.96. The Morgan fingerprint density at radius 2 is 0.708 bits per heavy atom. The third-order valence-corrected chi connectivity index (χ3v) is 22.5. The zero-order valence-corrected chi connectivity index (χ0v) is 60.1. The van der Waals surface area contributed by atoms with E-state index in [-0.39, 0.29) is 44.9 Å². The number of unbranched alkanes of at least 4 members (excludes halogenated alkanes) is 18. The van der Waals surface area contributed by atoms with Crippen molar-refractivity contribution in [2.24, 2.45) is 35.5 Å². The summed E-state index contributed by atoms with van der Waals surface area (Å²) in [7, 11) is 0. The van der Waals surface area contributed by atoms with Crippen molar-refractivity contribution >= 4 is 0 Å². The van der Waals surface area contributed by atoms with Crippen LogP contribution in [-0.4, -0.2) is 28.4 Å². The molecular formula is C83H119NO4Zr. The van der Waals surface area contributed by atoms with Gasteiger partial charge in [-0.1, -0.05) is 213 Å². The normalized spacial score (nSPS) is 24.0. The van der Waals surface area contributed by atoms with Crippen LogP contribution in [0.3, 0.4) is 0 Å². The average Bonchev–Trinajstić information content (AvgIpc) is 0.814. The van der Waals surface area contributed by atoms with Crippen molar-refractivity contribution < 1.29 is 42.9 Å². The molecule has 0 amide bonds. The van der Waals surface area contributed by atoms with E-state index in [1.807, 2.05) is 0 Å². The van der Waals surface area contributed by atoms with Crippen LogP contribution in [0.2, 0.25) is 9.26 Å². The Balaban J connectivity index is 0.00000285. The minimum atomic E-state index is -0.288. The second kappa shape index (κ2) is 30.9. The van der Waals surface area contributed by atoms with Crippen LogP contribution < -0.4 is 9.47 Å². The van der Waals surface area contributed by atoms with Crippen LogP contribution in [0.15, 0.2) is 78.9 Å². The Kier molecular flexibility index (Phi) is 23.6. The van der Waals surface area contributed by atoms with Gasteiger partial charge >= 0.3 is 32.5 Å². The second-order valence-corrected chi connectivity index (χ2v) is 34.5. The standard InChI is InChI=1S/C81H113NO4.2CH3.Zr/c1-9-11-13-15-17-19-21-23-25-27-38-85-64-34-29-32-62(46-64)72-74(66(78(3,4)5)48-68(76(72)83)80-50-56-40-57(51-80)42-58(41-56)52-80)70-36-31-37-71(82-70)75-67(79(6,7)8)49-69(81-53-59-43-60(54-81)45-61(44-59)55-81)77(84)73(75)63-33-30-35-65(47-63)86-39-28-26-24-22-20-18-16-14-12-10-2;;;/h29-37,46-49,56-61,83-84H,9-28,38-45,50-55H2,1-8H3;2*1H3;. The first kappa shape index (κ1) is 68.0. The molecule has 8 aliphatic carbocycles. The zero-order chi connectivity index (χ0) is 62.8. The molecule has 0 saturated heterocycles. The fourth-order valence-corrected chi connectivity index (χ4v) is 19.1. The molecule has 0 radical (unpaired) electrons. The van der Waals surface area contributed by atoms with Crippen LogP contribution in [0.25, 0.3) is 44.8 Å². The van der Waals surface area contributed by atoms with Gasteiger partial charge in [-0.3, -0.25) is 0 Å². The van der Waals surface area contributed by atoms with Gasteiger partial charge in [-0.2, -0.15) is 0 Å². The van der Waals surface area contributed by atoms with Crippen molar-refractivity contribution in [1.82, 2.24) is 4.98 Å². The first-order chi connectivity index (χ1) is 43.0. The number of ether oxygens (including phenoxy) is 2. The number of nitrogens with zero attached hydrogens (tertiary/aromatic N) is 1. The quantitative estimate of drug-likeness (QED) is 0.0448. The number of phenolic OH excluding ortho intramolecular Hbond substituents is 2. The average molecular weight is 1290 g/mol. The first-order valence-corrected chi connectivity index (χ1v) is 41.7. The van der Waals surface area contributed by atoms with Crippen molar-refractivity contribution in [2.45, 2.75) is 292 Å². The fourth-order valence-electron chi connectivity index (χ4n) is 19.1. The van der Waals surface area contributed by atoms with Gasteiger partial charge in [-0.25, -0.2) is 4.98 Å². The molecule has 5 nitrogen and oxygen atoms in total. The number of hydrogen-bond acceptors (Lipinski definition) is 5. The van der Waals surface area contributed by atoms with Gasteiger partial charge in [0, 0.05) is 33.4 Å². The van der Waals surface area contributed by atoms with Crippen LogP contribution in [0.4, 0.5) is 0 Å². The molecule has 89 heavy (non-hydrogen) atoms. The van der Waals surface area contributed by atoms with Crippen molar-refractivity contribution in [3.8, 4) is 67.8 Å². The topological polar surface area (TPSA) is 71.8 Å². The van der Waals surface area contributed by atoms with Crippen molar-refractivity contribution in [2.75, 3.05) is 13.2 Å². The molecule has 0 aliphatic heterocycles. The summed E-state index contributed by atoms with van der Waals surface area (Å²) < 4.78 is 17.9. The Morgan fingerprint density at radius 1 is 0.416 bits per heavy atom. The van der Waals surface area contributed by atoms with Gasteiger partial charge < -0.3 is 19.7 Å². The van der Waals surface area contributed by atoms with E-state index in [1.165, 1.54) is 204 Å². The summed E-state index contributed by atoms with van der Waals surface area (Å²) in [6.45, 7) is 20.1. The van der Waals surface area contributed by atoms with Gasteiger partial charge in [0.1, 0.15) is 23.0 Å². The monoisotopic (exact) mass is 1280 g/mol. The molecule has 8 fully saturated rings. The van der Waals surface area contributed by atoms with E-state index in [4.69, 9.17) is 14.5 Å². The van der Waals surface area contributed by atoms with Gasteiger partial charge in [-0.15, -0.1) is 0 Å². The summed E-state index contributed by atoms with van der Waals surface area (Å²) in [4.78, 5) is 5.94. The first-order valence-electron chi connectivity index (χ1n) is 36.8. The molecule has 13 rings (SSSR count). The van der Waals surface area contributed by atoms with E-state index in [9.17, 15) is 10.2 Å². The Morgan fingerprint density at radius 3 is 1.01 bits per heavy atom. The Hall–Kier alpha value is -3.89. The number of benzene rings is 4. The number of aromatic hydroxyl groups is 2. The van der Waals surface area contributed by atoms with Crippen molar-refractivity contribution in [1.29, 1.82) is 0 Å². The molecule has 0 atom stereocenters. The summed E-state index contributed by atoms with van der Waals surface area (Å²) in [5.41, 5.74) is 11.5. The molecular weight excluding hydrogens is 1170 g/mol. The molecule has 5 aromatic rings. The summed E-state index contributed by atoms with van der Waals surface area (Å²) >= 11 is 0.230. The van der Waals surface area contributed by atoms with Crippen LogP contribution >= 0.6 is 0 Å². The Bertz CT molecular complexity index is 2810. The molecule has 4 aromatic carbocycles. The van der Waals surface area contributed by atoms with E-state index >= 15 is 0 Å². The maximum atomic E-state index is 13.6. The molecule has 6 heteroatoms. The number of pyridine rings is 1. The third-order valence-electron chi connectivity index (χ3n) is 22.5. The van der Waals surface area contributed by atoms with Gasteiger partial charge in [0.05, 0.1) is 24.6 Å². The van der Waals surface area contributed by atoms with E-state index < -0.39 is 0 Å². The van der Waals surface area contributed by atoms with Crippen LogP contribution in [0.1, 0.15) is 283 Å². The fraction of sp³-hybridized carbons (Fsp3) is 0.651. The maximum absolute atomic E-state index is 13.6. The van der Waals surface area contributed by atoms with Gasteiger partial charge in [-0.05, 0) is 206 Å². The summed E-state index contributed by atoms with van der Waals surface area (Å²) in [5, 5.41) is 27.2. The summed E-state index contributed by atoms with van der Waals surface area (Å²) in [6, 6.07) is 28.8. The SMILES string of the molecule is CCCCCCCCCCCCOc1cccc(-c2c(O)c(C34CC5CC(CC(C5)C3)C4)cc(C(C)(C)C)c2-c2cccc(-c3c(C(C)(C)C)cc(C45CC6CC(CC(C6)C4)C5)c(O)c3-c3cccc(OCCCCCCCCCCCC)c3)n2)c1.[CH3][Zr][CH3]. The van der Waals surface area contributed by atoms with Crippen molar-refractivity contribution in [3.63, 3.8) is 0 Å². The predicted molar refractivity (Wildman–Crippen MR) is 373 cm³/mol. The Labute approximate surface area is 553 Å². The second-order valence-electron chi connectivity index (χ2n) is 32.1. The van der Waals surface area contributed by atoms with Crippen LogP contribution in [0.5, 0.6) is 23.0 Å². The summed E-state index contributed by atoms with van der Waals surface area (Å²) in [6.07, 6.45) is 40.9. The van der Waals surface area contributed by atoms with Gasteiger partial charge in [0.15, 0.2) is 0 Å². The molecule has 2 N–H and O–H groups in total. The van der Waals surface area contributed by atoms with E-state index in [0.29, 0.717) is 24.7 Å². The van der Waals surface area contributed by atoms with Crippen molar-refractivity contribution in [3.05, 3.63) is 101 Å². The third kappa shape index (κ3) is 16.4. The predicted octanol–water partition coefficient (Wildman–Crippen LogP) is 24.5. The van der Waals surface area contributed by atoms with E-state index in [0.717, 1.165) is 116 Å². The van der Waals surface area contributed by atoms with Crippen LogP contribution in [-0.2, 0) is 44.9 Å². The molecule has 8 aliphatic rings. The molecule has 484 valence electrons. The minimum absolute atomic E-state index is 0.0387. The molecule has 0 spiro atoms. The molecule has 1 heterocycles. The van der Waals surface area contributed by atoms with E-state index in [1.54, 1.807) is 0 Å².